The molecular formula is C7H11ClNOP. The summed E-state index contributed by atoms with van der Waals surface area (Å²) in [6.45, 7) is 0.850. The van der Waals surface area contributed by atoms with Crippen molar-refractivity contribution in [3.05, 3.63) is 30.6 Å². The fourth-order valence-corrected chi connectivity index (χ4v) is 0.313. The monoisotopic (exact) mass is 191 g/mol. The quantitative estimate of drug-likeness (QED) is 0.591. The van der Waals surface area contributed by atoms with E-state index in [0.29, 0.717) is 0 Å². The molecular weight excluding hydrogens is 181 g/mol. The predicted octanol–water partition coefficient (Wildman–Crippen LogP) is 2.84. The third-order valence-corrected chi connectivity index (χ3v) is 0.566. The molecule has 1 heterocycles. The van der Waals surface area contributed by atoms with Crippen LogP contribution in [0.1, 0.15) is 0 Å². The summed E-state index contributed by atoms with van der Waals surface area (Å²) in [6, 6.07) is 5.72. The molecule has 4 heteroatoms. The first-order valence-corrected chi connectivity index (χ1v) is 6.60. The first-order valence-electron chi connectivity index (χ1n) is 3.10. The molecule has 0 fully saturated rings. The Bertz CT molecular complexity index is 186. The van der Waals surface area contributed by atoms with Crippen molar-refractivity contribution in [3.63, 3.8) is 0 Å². The minimum Gasteiger partial charge on any atom is -0.307 e. The van der Waals surface area contributed by atoms with Crippen molar-refractivity contribution < 1.29 is 4.57 Å². The third-order valence-electron chi connectivity index (χ3n) is 0.566. The van der Waals surface area contributed by atoms with Crippen LogP contribution in [0.2, 0.25) is 0 Å². The average Bonchev–Trinajstić information content (AvgIpc) is 1.88. The summed E-state index contributed by atoms with van der Waals surface area (Å²) in [6.07, 6.45) is 3.50. The SMILES string of the molecule is CP(C)(=O)Cl.c1ccncc1. The highest BCUT2D eigenvalue weighted by molar-refractivity contribution is 7.88. The smallest absolute Gasteiger partial charge is 0.163 e. The molecule has 0 aliphatic rings. The summed E-state index contributed by atoms with van der Waals surface area (Å²) >= 11 is 5.09. The van der Waals surface area contributed by atoms with Gasteiger partial charge in [-0.05, 0) is 12.1 Å². The van der Waals surface area contributed by atoms with Crippen LogP contribution in [0, 0.1) is 0 Å². The second-order valence-corrected chi connectivity index (χ2v) is 7.13. The van der Waals surface area contributed by atoms with E-state index in [4.69, 9.17) is 11.2 Å². The van der Waals surface area contributed by atoms with Crippen LogP contribution in [0.25, 0.3) is 0 Å². The highest BCUT2D eigenvalue weighted by atomic mass is 35.7. The Kier molecular flexibility index (Phi) is 5.18. The lowest BCUT2D eigenvalue weighted by Gasteiger charge is -1.82. The van der Waals surface area contributed by atoms with Crippen LogP contribution in [0.3, 0.4) is 0 Å². The van der Waals surface area contributed by atoms with Gasteiger partial charge in [-0.25, -0.2) is 0 Å². The van der Waals surface area contributed by atoms with Crippen molar-refractivity contribution in [2.24, 2.45) is 0 Å². The van der Waals surface area contributed by atoms with Crippen molar-refractivity contribution in [3.8, 4) is 0 Å². The van der Waals surface area contributed by atoms with Crippen LogP contribution in [0.15, 0.2) is 30.6 Å². The maximum Gasteiger partial charge on any atom is 0.163 e. The lowest BCUT2D eigenvalue weighted by molar-refractivity contribution is 0.591. The molecule has 1 aromatic rings. The molecule has 0 bridgehead atoms. The van der Waals surface area contributed by atoms with Crippen molar-refractivity contribution in [2.45, 2.75) is 0 Å². The van der Waals surface area contributed by atoms with Crippen LogP contribution in [0.4, 0.5) is 0 Å². The molecule has 1 rings (SSSR count). The summed E-state index contributed by atoms with van der Waals surface area (Å²) in [5.74, 6) is 0. The van der Waals surface area contributed by atoms with Gasteiger partial charge in [0.25, 0.3) is 0 Å². The van der Waals surface area contributed by atoms with Crippen LogP contribution in [-0.4, -0.2) is 18.3 Å². The minimum atomic E-state index is -2.17. The summed E-state index contributed by atoms with van der Waals surface area (Å²) in [4.78, 5) is 3.78. The molecule has 0 amide bonds. The van der Waals surface area contributed by atoms with Crippen molar-refractivity contribution in [2.75, 3.05) is 13.3 Å². The predicted molar refractivity (Wildman–Crippen MR) is 49.5 cm³/mol. The van der Waals surface area contributed by atoms with Gasteiger partial charge in [0, 0.05) is 25.7 Å². The second kappa shape index (κ2) is 5.34. The zero-order valence-electron chi connectivity index (χ0n) is 6.57. The lowest BCUT2D eigenvalue weighted by atomic mass is 10.5. The van der Waals surface area contributed by atoms with Crippen LogP contribution < -0.4 is 0 Å². The maximum atomic E-state index is 9.98. The Labute approximate surface area is 71.8 Å². The Morgan fingerprint density at radius 3 is 1.64 bits per heavy atom. The standard InChI is InChI=1S/C5H5N.C2H6ClOP/c1-2-4-6-5-3-1;1-5(2,3)4/h1-5H;1-2H3. The second-order valence-electron chi connectivity index (χ2n) is 2.24. The molecule has 0 unspecified atom stereocenters. The summed E-state index contributed by atoms with van der Waals surface area (Å²) in [7, 11) is 0. The number of hydrogen-bond acceptors (Lipinski definition) is 2. The number of hydrogen-bond donors (Lipinski definition) is 0. The van der Waals surface area contributed by atoms with Crippen LogP contribution in [0.5, 0.6) is 0 Å². The molecule has 11 heavy (non-hydrogen) atoms. The number of nitrogens with zero attached hydrogens (tertiary/aromatic N) is 1. The van der Waals surface area contributed by atoms with Gasteiger partial charge in [0.15, 0.2) is 6.49 Å². The van der Waals surface area contributed by atoms with E-state index in [1.165, 1.54) is 13.3 Å². The molecule has 1 aromatic heterocycles. The fourth-order valence-electron chi connectivity index (χ4n) is 0.313. The van der Waals surface area contributed by atoms with Gasteiger partial charge >= 0.3 is 0 Å². The molecule has 0 radical (unpaired) electrons. The van der Waals surface area contributed by atoms with Gasteiger partial charge in [-0.3, -0.25) is 4.98 Å². The Morgan fingerprint density at radius 1 is 1.18 bits per heavy atom. The molecule has 0 spiro atoms. The summed E-state index contributed by atoms with van der Waals surface area (Å²) < 4.78 is 9.98. The largest absolute Gasteiger partial charge is 0.307 e. The van der Waals surface area contributed by atoms with Gasteiger partial charge in [-0.15, -0.1) is 0 Å². The van der Waals surface area contributed by atoms with Crippen molar-refractivity contribution >= 4 is 17.7 Å². The molecule has 0 aliphatic heterocycles. The van der Waals surface area contributed by atoms with E-state index in [-0.39, 0.29) is 0 Å². The van der Waals surface area contributed by atoms with Gasteiger partial charge in [-0.1, -0.05) is 17.3 Å². The van der Waals surface area contributed by atoms with Gasteiger partial charge < -0.3 is 4.57 Å². The molecule has 0 saturated carbocycles. The molecule has 0 aromatic carbocycles. The van der Waals surface area contributed by atoms with Gasteiger partial charge in [0.2, 0.25) is 0 Å². The highest BCUT2D eigenvalue weighted by Gasteiger charge is 1.93. The number of aromatic nitrogens is 1. The fraction of sp³-hybridized carbons (Fsp3) is 0.286. The van der Waals surface area contributed by atoms with Gasteiger partial charge in [-0.2, -0.15) is 0 Å². The summed E-state index contributed by atoms with van der Waals surface area (Å²) in [5, 5.41) is 0. The van der Waals surface area contributed by atoms with E-state index in [0.717, 1.165) is 0 Å². The number of rotatable bonds is 0. The van der Waals surface area contributed by atoms with Crippen molar-refractivity contribution in [1.29, 1.82) is 0 Å². The van der Waals surface area contributed by atoms with E-state index in [9.17, 15) is 4.57 Å². The Balaban J connectivity index is 0.000000187. The zero-order valence-corrected chi connectivity index (χ0v) is 8.22. The highest BCUT2D eigenvalue weighted by Crippen LogP contribution is 2.41. The molecule has 0 saturated heterocycles. The molecule has 0 N–H and O–H groups in total. The normalized spacial score (nSPS) is 9.73. The first-order chi connectivity index (χ1) is 5.00. The number of pyridine rings is 1. The molecule has 0 atom stereocenters. The zero-order chi connectivity index (χ0) is 8.74. The third kappa shape index (κ3) is 17.7. The number of halogens is 1. The van der Waals surface area contributed by atoms with Crippen LogP contribution >= 0.6 is 17.7 Å². The maximum absolute atomic E-state index is 9.98. The van der Waals surface area contributed by atoms with E-state index in [1.54, 1.807) is 12.4 Å². The van der Waals surface area contributed by atoms with Crippen molar-refractivity contribution in [1.82, 2.24) is 4.98 Å². The topological polar surface area (TPSA) is 30.0 Å². The van der Waals surface area contributed by atoms with Gasteiger partial charge in [0.05, 0.1) is 0 Å². The van der Waals surface area contributed by atoms with E-state index in [2.05, 4.69) is 4.98 Å². The lowest BCUT2D eigenvalue weighted by Crippen LogP contribution is -1.58. The average molecular weight is 192 g/mol. The van der Waals surface area contributed by atoms with E-state index >= 15 is 0 Å². The molecule has 2 nitrogen and oxygen atoms in total. The van der Waals surface area contributed by atoms with E-state index < -0.39 is 6.49 Å². The van der Waals surface area contributed by atoms with E-state index in [1.807, 2.05) is 18.2 Å². The van der Waals surface area contributed by atoms with Crippen LogP contribution in [-0.2, 0) is 4.57 Å². The molecule has 0 aliphatic carbocycles. The Hall–Kier alpha value is -0.330. The Morgan fingerprint density at radius 2 is 1.55 bits per heavy atom. The minimum absolute atomic E-state index is 1.51. The first kappa shape index (κ1) is 10.7. The molecule has 62 valence electrons. The summed E-state index contributed by atoms with van der Waals surface area (Å²) in [5.41, 5.74) is 0. The van der Waals surface area contributed by atoms with Gasteiger partial charge in [0.1, 0.15) is 0 Å².